The highest BCUT2D eigenvalue weighted by molar-refractivity contribution is 6.26. The minimum atomic E-state index is -0.110. The van der Waals surface area contributed by atoms with Gasteiger partial charge in [-0.2, -0.15) is 0 Å². The van der Waals surface area contributed by atoms with Crippen LogP contribution in [0.25, 0.3) is 5.57 Å². The monoisotopic (exact) mass is 324 g/mol. The summed E-state index contributed by atoms with van der Waals surface area (Å²) in [6.07, 6.45) is 5.84. The summed E-state index contributed by atoms with van der Waals surface area (Å²) in [5.41, 5.74) is 5.66. The smallest absolute Gasteiger partial charge is 0.173 e. The van der Waals surface area contributed by atoms with Crippen molar-refractivity contribution < 1.29 is 14.3 Å². The Morgan fingerprint density at radius 3 is 2.17 bits per heavy atom. The predicted octanol–water partition coefficient (Wildman–Crippen LogP) is 3.63. The van der Waals surface area contributed by atoms with Gasteiger partial charge in [-0.15, -0.1) is 0 Å². The van der Waals surface area contributed by atoms with Crippen LogP contribution in [-0.4, -0.2) is 25.1 Å². The summed E-state index contributed by atoms with van der Waals surface area (Å²) < 4.78 is 11.7. The van der Waals surface area contributed by atoms with Crippen LogP contribution in [-0.2, 0) is 27.1 Å². The molecule has 1 unspecified atom stereocenters. The van der Waals surface area contributed by atoms with E-state index < -0.39 is 0 Å². The third kappa shape index (κ3) is 1.97. The van der Waals surface area contributed by atoms with Gasteiger partial charge in [0.05, 0.1) is 36.7 Å². The number of rotatable bonds is 4. The molecule has 3 aliphatic rings. The van der Waals surface area contributed by atoms with E-state index in [4.69, 9.17) is 9.47 Å². The third-order valence-corrected chi connectivity index (χ3v) is 5.68. The second kappa shape index (κ2) is 5.59. The molecule has 0 radical (unpaired) electrons. The van der Waals surface area contributed by atoms with Gasteiger partial charge in [-0.05, 0) is 36.5 Å². The fourth-order valence-corrected chi connectivity index (χ4v) is 4.69. The van der Waals surface area contributed by atoms with Gasteiger partial charge in [-0.1, -0.05) is 43.7 Å². The fraction of sp³-hybridized carbons (Fsp3) is 0.476. The zero-order valence-corrected chi connectivity index (χ0v) is 14.8. The molecule has 0 N–H and O–H groups in total. The number of carbonyl (C=O) groups is 1. The normalized spacial score (nSPS) is 30.4. The molecule has 1 saturated heterocycles. The van der Waals surface area contributed by atoms with Crippen LogP contribution in [0.4, 0.5) is 0 Å². The summed E-state index contributed by atoms with van der Waals surface area (Å²) in [6, 6.07) is 4.42. The van der Waals surface area contributed by atoms with Gasteiger partial charge in [-0.25, -0.2) is 0 Å². The van der Waals surface area contributed by atoms with Crippen LogP contribution < -0.4 is 0 Å². The number of carbonyl (C=O) groups excluding carboxylic acids is 1. The summed E-state index contributed by atoms with van der Waals surface area (Å²) in [6.45, 7) is 6.43. The molecule has 1 fully saturated rings. The number of hydrogen-bond donors (Lipinski definition) is 0. The number of Topliss-reactive ketones (excluding diaryl/α,β-unsaturated/α-hetero) is 1. The summed E-state index contributed by atoms with van der Waals surface area (Å²) in [5.74, 6) is 0.959. The van der Waals surface area contributed by atoms with Crippen LogP contribution in [0.15, 0.2) is 30.0 Å². The first-order valence-corrected chi connectivity index (χ1v) is 8.89. The Morgan fingerprint density at radius 1 is 1.04 bits per heavy atom. The van der Waals surface area contributed by atoms with E-state index in [0.29, 0.717) is 0 Å². The van der Waals surface area contributed by atoms with Gasteiger partial charge in [-0.3, -0.25) is 4.79 Å². The molecule has 1 aromatic rings. The average molecular weight is 324 g/mol. The summed E-state index contributed by atoms with van der Waals surface area (Å²) in [4.78, 5) is 13.3. The zero-order chi connectivity index (χ0) is 17.0. The first-order valence-electron chi connectivity index (χ1n) is 8.89. The van der Waals surface area contributed by atoms with Crippen molar-refractivity contribution in [2.75, 3.05) is 7.11 Å². The van der Waals surface area contributed by atoms with Crippen molar-refractivity contribution >= 4 is 11.4 Å². The highest BCUT2D eigenvalue weighted by Crippen LogP contribution is 2.52. The van der Waals surface area contributed by atoms with E-state index in [1.807, 2.05) is 6.08 Å². The van der Waals surface area contributed by atoms with Gasteiger partial charge in [0.15, 0.2) is 5.78 Å². The number of methoxy groups -OCH3 is 1. The molecule has 0 amide bonds. The van der Waals surface area contributed by atoms with Crippen molar-refractivity contribution in [2.24, 2.45) is 11.8 Å². The maximum atomic E-state index is 13.3. The van der Waals surface area contributed by atoms with Gasteiger partial charge in [0.2, 0.25) is 0 Å². The van der Waals surface area contributed by atoms with Crippen LogP contribution in [0.3, 0.4) is 0 Å². The quantitative estimate of drug-likeness (QED) is 0.794. The molecule has 2 heterocycles. The van der Waals surface area contributed by atoms with Crippen molar-refractivity contribution in [1.82, 2.24) is 0 Å². The molecule has 4 atom stereocenters. The Kier molecular flexibility index (Phi) is 3.65. The average Bonchev–Trinajstić information content (AvgIpc) is 3.26. The van der Waals surface area contributed by atoms with Gasteiger partial charge >= 0.3 is 0 Å². The Labute approximate surface area is 143 Å². The molecular weight excluding hydrogens is 300 g/mol. The SMILES string of the molecule is CCc1cc(C)cc(CC)c1C1=C(OC)C2[C@H]3C=C[C@H](O3)[C@H]2C1=O. The minimum absolute atomic E-state index is 0.0167. The molecular formula is C21H24O3. The molecule has 2 aliphatic heterocycles. The molecule has 3 nitrogen and oxygen atoms in total. The zero-order valence-electron chi connectivity index (χ0n) is 14.8. The van der Waals surface area contributed by atoms with Gasteiger partial charge in [0.1, 0.15) is 5.76 Å². The lowest BCUT2D eigenvalue weighted by atomic mass is 9.83. The van der Waals surface area contributed by atoms with E-state index in [1.54, 1.807) is 7.11 Å². The Bertz CT molecular complexity index is 746. The summed E-state index contributed by atoms with van der Waals surface area (Å²) in [5, 5.41) is 0. The largest absolute Gasteiger partial charge is 0.500 e. The maximum absolute atomic E-state index is 13.3. The number of allylic oxidation sites excluding steroid dienone is 1. The molecule has 2 bridgehead atoms. The second-order valence-corrected chi connectivity index (χ2v) is 6.97. The van der Waals surface area contributed by atoms with Crippen molar-refractivity contribution in [3.8, 4) is 0 Å². The van der Waals surface area contributed by atoms with Gasteiger partial charge in [0.25, 0.3) is 0 Å². The van der Waals surface area contributed by atoms with Crippen LogP contribution >= 0.6 is 0 Å². The molecule has 3 heteroatoms. The molecule has 4 rings (SSSR count). The lowest BCUT2D eigenvalue weighted by Gasteiger charge is -2.19. The number of fused-ring (bicyclic) bond motifs is 5. The van der Waals surface area contributed by atoms with Crippen molar-refractivity contribution in [3.05, 3.63) is 52.3 Å². The standard InChI is InChI=1S/C21H24O3/c1-5-12-9-11(3)10-13(6-2)16(12)19-20(22)17-14-7-8-15(24-14)18(17)21(19)23-4/h7-10,14-15,17-18H,5-6H2,1-4H3/t14-,15+,17+,18?/m0/s1. The highest BCUT2D eigenvalue weighted by atomic mass is 16.5. The molecule has 1 aliphatic carbocycles. The van der Waals surface area contributed by atoms with E-state index >= 15 is 0 Å². The van der Waals surface area contributed by atoms with Crippen LogP contribution in [0.2, 0.25) is 0 Å². The highest BCUT2D eigenvalue weighted by Gasteiger charge is 2.57. The fourth-order valence-electron chi connectivity index (χ4n) is 4.69. The summed E-state index contributed by atoms with van der Waals surface area (Å²) in [7, 11) is 1.69. The van der Waals surface area contributed by atoms with E-state index in [9.17, 15) is 4.79 Å². The Morgan fingerprint density at radius 2 is 1.62 bits per heavy atom. The van der Waals surface area contributed by atoms with E-state index in [0.717, 1.165) is 29.7 Å². The number of ether oxygens (including phenoxy) is 2. The maximum Gasteiger partial charge on any atom is 0.173 e. The molecule has 126 valence electrons. The molecule has 24 heavy (non-hydrogen) atoms. The number of aryl methyl sites for hydroxylation is 3. The first kappa shape index (κ1) is 15.6. The number of ketones is 1. The van der Waals surface area contributed by atoms with Crippen LogP contribution in [0.1, 0.15) is 36.1 Å². The molecule has 0 aromatic heterocycles. The summed E-state index contributed by atoms with van der Waals surface area (Å²) >= 11 is 0. The first-order chi connectivity index (χ1) is 11.6. The van der Waals surface area contributed by atoms with Crippen LogP contribution in [0, 0.1) is 18.8 Å². The van der Waals surface area contributed by atoms with E-state index in [-0.39, 0.29) is 29.8 Å². The van der Waals surface area contributed by atoms with Gasteiger partial charge < -0.3 is 9.47 Å². The van der Waals surface area contributed by atoms with Crippen molar-refractivity contribution in [3.63, 3.8) is 0 Å². The second-order valence-electron chi connectivity index (χ2n) is 6.97. The molecule has 0 saturated carbocycles. The molecule has 0 spiro atoms. The van der Waals surface area contributed by atoms with Crippen molar-refractivity contribution in [1.29, 1.82) is 0 Å². The van der Waals surface area contributed by atoms with Crippen LogP contribution in [0.5, 0.6) is 0 Å². The topological polar surface area (TPSA) is 35.5 Å². The third-order valence-electron chi connectivity index (χ3n) is 5.68. The number of hydrogen-bond acceptors (Lipinski definition) is 3. The lowest BCUT2D eigenvalue weighted by molar-refractivity contribution is -0.118. The number of benzene rings is 1. The Balaban J connectivity index is 1.93. The van der Waals surface area contributed by atoms with Crippen molar-refractivity contribution in [2.45, 2.75) is 45.8 Å². The molecule has 1 aromatic carbocycles. The van der Waals surface area contributed by atoms with Gasteiger partial charge in [0, 0.05) is 0 Å². The minimum Gasteiger partial charge on any atom is -0.500 e. The lowest BCUT2D eigenvalue weighted by Crippen LogP contribution is -2.26. The van der Waals surface area contributed by atoms with E-state index in [2.05, 4.69) is 39.0 Å². The Hall–Kier alpha value is -1.87. The van der Waals surface area contributed by atoms with E-state index in [1.165, 1.54) is 16.7 Å². The predicted molar refractivity (Wildman–Crippen MR) is 93.7 cm³/mol.